The van der Waals surface area contributed by atoms with Crippen molar-refractivity contribution in [3.8, 4) is 0 Å². The summed E-state index contributed by atoms with van der Waals surface area (Å²) in [5.41, 5.74) is 2.66. The number of rotatable bonds is 3. The van der Waals surface area contributed by atoms with E-state index >= 15 is 0 Å². The number of aromatic nitrogens is 2. The standard InChI is InChI=1S/C27H26N4O2S/c1-16-22-17(2)28-24(19-10-11-19)29-25(22)34-23(16)27(33)31-14-12-30(13-15-31)26(32)21-9-5-7-18-6-3-4-8-20(18)21/h3-9,19H,10-15H2,1-2H3. The van der Waals surface area contributed by atoms with Crippen LogP contribution in [-0.2, 0) is 0 Å². The molecule has 0 N–H and O–H groups in total. The minimum atomic E-state index is 0.0282. The van der Waals surface area contributed by atoms with Gasteiger partial charge in [0.15, 0.2) is 0 Å². The maximum Gasteiger partial charge on any atom is 0.264 e. The van der Waals surface area contributed by atoms with Crippen LogP contribution >= 0.6 is 11.3 Å². The van der Waals surface area contributed by atoms with Crippen molar-refractivity contribution in [1.29, 1.82) is 0 Å². The highest BCUT2D eigenvalue weighted by Gasteiger charge is 2.31. The lowest BCUT2D eigenvalue weighted by molar-refractivity contribution is 0.0539. The first kappa shape index (κ1) is 21.2. The van der Waals surface area contributed by atoms with E-state index in [4.69, 9.17) is 9.97 Å². The average molecular weight is 471 g/mol. The molecule has 2 aromatic heterocycles. The Morgan fingerprint density at radius 3 is 2.29 bits per heavy atom. The zero-order valence-corrected chi connectivity index (χ0v) is 20.2. The number of fused-ring (bicyclic) bond motifs is 2. The molecule has 2 aromatic carbocycles. The molecule has 7 heteroatoms. The molecule has 34 heavy (non-hydrogen) atoms. The number of carbonyl (C=O) groups is 2. The van der Waals surface area contributed by atoms with Gasteiger partial charge in [0, 0.05) is 43.0 Å². The number of thiophene rings is 1. The number of piperazine rings is 1. The number of hydrogen-bond acceptors (Lipinski definition) is 5. The van der Waals surface area contributed by atoms with Gasteiger partial charge in [0.1, 0.15) is 10.7 Å². The molecule has 0 radical (unpaired) electrons. The van der Waals surface area contributed by atoms with E-state index in [1.807, 2.05) is 66.1 Å². The summed E-state index contributed by atoms with van der Waals surface area (Å²) in [6.07, 6.45) is 2.31. The zero-order valence-electron chi connectivity index (χ0n) is 19.4. The molecule has 2 amide bonds. The third-order valence-corrected chi connectivity index (χ3v) is 8.17. The summed E-state index contributed by atoms with van der Waals surface area (Å²) >= 11 is 1.48. The van der Waals surface area contributed by atoms with Gasteiger partial charge in [0.25, 0.3) is 11.8 Å². The largest absolute Gasteiger partial charge is 0.335 e. The summed E-state index contributed by atoms with van der Waals surface area (Å²) in [6.45, 7) is 6.13. The van der Waals surface area contributed by atoms with Crippen molar-refractivity contribution in [2.24, 2.45) is 0 Å². The molecule has 0 bridgehead atoms. The summed E-state index contributed by atoms with van der Waals surface area (Å²) in [7, 11) is 0. The van der Waals surface area contributed by atoms with Gasteiger partial charge >= 0.3 is 0 Å². The molecular weight excluding hydrogens is 444 g/mol. The molecule has 3 heterocycles. The minimum absolute atomic E-state index is 0.0282. The molecule has 1 saturated heterocycles. The summed E-state index contributed by atoms with van der Waals surface area (Å²) < 4.78 is 0. The van der Waals surface area contributed by atoms with Crippen molar-refractivity contribution in [3.63, 3.8) is 0 Å². The van der Waals surface area contributed by atoms with Gasteiger partial charge in [0.05, 0.1) is 10.6 Å². The minimum Gasteiger partial charge on any atom is -0.335 e. The predicted octanol–water partition coefficient (Wildman–Crippen LogP) is 4.94. The first-order valence-corrected chi connectivity index (χ1v) is 12.7. The normalized spacial score (nSPS) is 16.4. The molecule has 2 fully saturated rings. The Kier molecular flexibility index (Phi) is 5.10. The van der Waals surface area contributed by atoms with Gasteiger partial charge in [-0.05, 0) is 49.1 Å². The summed E-state index contributed by atoms with van der Waals surface area (Å²) in [5, 5.41) is 3.05. The van der Waals surface area contributed by atoms with Gasteiger partial charge in [-0.3, -0.25) is 9.59 Å². The Hall–Kier alpha value is -3.32. The van der Waals surface area contributed by atoms with Crippen LogP contribution in [0.15, 0.2) is 42.5 Å². The van der Waals surface area contributed by atoms with Gasteiger partial charge in [0.2, 0.25) is 0 Å². The summed E-state index contributed by atoms with van der Waals surface area (Å²) in [5.74, 6) is 1.47. The number of amides is 2. The number of carbonyl (C=O) groups excluding carboxylic acids is 2. The fourth-order valence-electron chi connectivity index (χ4n) is 4.93. The Morgan fingerprint density at radius 1 is 0.882 bits per heavy atom. The lowest BCUT2D eigenvalue weighted by atomic mass is 10.0. The average Bonchev–Trinajstić information content (AvgIpc) is 3.66. The summed E-state index contributed by atoms with van der Waals surface area (Å²) in [6, 6.07) is 13.8. The van der Waals surface area contributed by atoms with Crippen molar-refractivity contribution < 1.29 is 9.59 Å². The third-order valence-electron chi connectivity index (χ3n) is 7.00. The second kappa shape index (κ2) is 8.17. The molecule has 1 aliphatic heterocycles. The van der Waals surface area contributed by atoms with Crippen LogP contribution in [0.4, 0.5) is 0 Å². The highest BCUT2D eigenvalue weighted by Crippen LogP contribution is 2.40. The molecule has 4 aromatic rings. The van der Waals surface area contributed by atoms with E-state index < -0.39 is 0 Å². The van der Waals surface area contributed by atoms with E-state index in [0.717, 1.165) is 61.4 Å². The SMILES string of the molecule is Cc1nc(C2CC2)nc2sc(C(=O)N3CCN(C(=O)c4cccc5ccccc45)CC3)c(C)c12. The number of nitrogens with zero attached hydrogens (tertiary/aromatic N) is 4. The quantitative estimate of drug-likeness (QED) is 0.426. The maximum atomic E-state index is 13.4. The smallest absolute Gasteiger partial charge is 0.264 e. The van der Waals surface area contributed by atoms with Gasteiger partial charge in [-0.15, -0.1) is 11.3 Å². The Labute approximate surface area is 202 Å². The van der Waals surface area contributed by atoms with Crippen LogP contribution in [-0.4, -0.2) is 57.8 Å². The molecule has 2 aliphatic rings. The van der Waals surface area contributed by atoms with Crippen LogP contribution in [0.3, 0.4) is 0 Å². The van der Waals surface area contributed by atoms with Crippen LogP contribution in [0.5, 0.6) is 0 Å². The van der Waals surface area contributed by atoms with Crippen LogP contribution in [0.25, 0.3) is 21.0 Å². The second-order valence-electron chi connectivity index (χ2n) is 9.29. The van der Waals surface area contributed by atoms with Gasteiger partial charge in [-0.2, -0.15) is 0 Å². The zero-order chi connectivity index (χ0) is 23.4. The second-order valence-corrected chi connectivity index (χ2v) is 10.3. The van der Waals surface area contributed by atoms with Crippen LogP contribution < -0.4 is 0 Å². The molecule has 0 spiro atoms. The summed E-state index contributed by atoms with van der Waals surface area (Å²) in [4.78, 5) is 41.6. The molecule has 6 nitrogen and oxygen atoms in total. The Balaban J connectivity index is 1.20. The van der Waals surface area contributed by atoms with E-state index in [0.29, 0.717) is 32.1 Å². The molecule has 0 atom stereocenters. The van der Waals surface area contributed by atoms with E-state index in [9.17, 15) is 9.59 Å². The van der Waals surface area contributed by atoms with Gasteiger partial charge < -0.3 is 9.80 Å². The molecule has 172 valence electrons. The highest BCUT2D eigenvalue weighted by molar-refractivity contribution is 7.20. The monoisotopic (exact) mass is 470 g/mol. The third kappa shape index (κ3) is 3.55. The fourth-order valence-corrected chi connectivity index (χ4v) is 6.13. The van der Waals surface area contributed by atoms with E-state index in [-0.39, 0.29) is 11.8 Å². The van der Waals surface area contributed by atoms with Crippen LogP contribution in [0.1, 0.15) is 55.9 Å². The molecular formula is C27H26N4O2S. The van der Waals surface area contributed by atoms with Crippen molar-refractivity contribution in [1.82, 2.24) is 19.8 Å². The van der Waals surface area contributed by atoms with Crippen molar-refractivity contribution in [3.05, 3.63) is 70.0 Å². The van der Waals surface area contributed by atoms with Crippen LogP contribution in [0.2, 0.25) is 0 Å². The number of benzene rings is 2. The maximum absolute atomic E-state index is 13.4. The highest BCUT2D eigenvalue weighted by atomic mass is 32.1. The molecule has 0 unspecified atom stereocenters. The lowest BCUT2D eigenvalue weighted by Gasteiger charge is -2.35. The van der Waals surface area contributed by atoms with E-state index in [2.05, 4.69) is 0 Å². The van der Waals surface area contributed by atoms with Gasteiger partial charge in [-0.25, -0.2) is 9.97 Å². The fraction of sp³-hybridized carbons (Fsp3) is 0.333. The van der Waals surface area contributed by atoms with Crippen molar-refractivity contribution in [2.45, 2.75) is 32.6 Å². The van der Waals surface area contributed by atoms with Gasteiger partial charge in [-0.1, -0.05) is 36.4 Å². The molecule has 1 aliphatic carbocycles. The Morgan fingerprint density at radius 2 is 1.56 bits per heavy atom. The predicted molar refractivity (Wildman–Crippen MR) is 135 cm³/mol. The van der Waals surface area contributed by atoms with Crippen molar-refractivity contribution in [2.75, 3.05) is 26.2 Å². The van der Waals surface area contributed by atoms with Crippen LogP contribution in [0, 0.1) is 13.8 Å². The molecule has 1 saturated carbocycles. The molecule has 6 rings (SSSR count). The number of hydrogen-bond donors (Lipinski definition) is 0. The van der Waals surface area contributed by atoms with Crippen molar-refractivity contribution >= 4 is 44.1 Å². The number of aryl methyl sites for hydroxylation is 2. The first-order valence-electron chi connectivity index (χ1n) is 11.8. The lowest BCUT2D eigenvalue weighted by Crippen LogP contribution is -2.50. The van der Waals surface area contributed by atoms with E-state index in [1.54, 1.807) is 0 Å². The topological polar surface area (TPSA) is 66.4 Å². The Bertz CT molecular complexity index is 1440. The first-order chi connectivity index (χ1) is 16.5. The van der Waals surface area contributed by atoms with E-state index in [1.165, 1.54) is 11.3 Å².